The highest BCUT2D eigenvalue weighted by atomic mass is 19.3. The molecule has 0 aromatic carbocycles. The lowest BCUT2D eigenvalue weighted by atomic mass is 10.00. The molecule has 11 heteroatoms. The zero-order valence-corrected chi connectivity index (χ0v) is 17.8. The largest absolute Gasteiger partial charge is 0.470 e. The van der Waals surface area contributed by atoms with Gasteiger partial charge < -0.3 is 9.64 Å². The lowest BCUT2D eigenvalue weighted by molar-refractivity contribution is 0.0375. The van der Waals surface area contributed by atoms with Crippen LogP contribution in [0.1, 0.15) is 42.2 Å². The summed E-state index contributed by atoms with van der Waals surface area (Å²) >= 11 is 0. The van der Waals surface area contributed by atoms with Crippen molar-refractivity contribution in [1.29, 1.82) is 0 Å². The second kappa shape index (κ2) is 8.57. The van der Waals surface area contributed by atoms with Crippen LogP contribution in [0.3, 0.4) is 0 Å². The number of hydrogen-bond donors (Lipinski definition) is 0. The smallest absolute Gasteiger partial charge is 0.280 e. The standard InChI is InChI=1S/C22H21F2N7O2/c1-14-5-6-15(33-21-20-27-12-17(18(23)24)29(20)11-9-26-21)13-30(14)22(32)16-4-2-7-25-19(16)31-10-3-8-28-31/h2-4,7-12,14-15,18H,5-6,13H2,1H3/t14-,15-/m1/s1. The Morgan fingerprint density at radius 1 is 1.12 bits per heavy atom. The number of carbonyl (C=O) groups excluding carboxylic acids is 1. The van der Waals surface area contributed by atoms with Crippen molar-refractivity contribution in [3.8, 4) is 11.7 Å². The summed E-state index contributed by atoms with van der Waals surface area (Å²) in [7, 11) is 0. The lowest BCUT2D eigenvalue weighted by Gasteiger charge is -2.38. The molecule has 0 spiro atoms. The Balaban J connectivity index is 1.39. The summed E-state index contributed by atoms with van der Waals surface area (Å²) in [6.45, 7) is 2.30. The molecule has 170 valence electrons. The highest BCUT2D eigenvalue weighted by Crippen LogP contribution is 2.27. The Morgan fingerprint density at radius 3 is 2.79 bits per heavy atom. The summed E-state index contributed by atoms with van der Waals surface area (Å²) < 4.78 is 35.3. The first-order chi connectivity index (χ1) is 16.0. The van der Waals surface area contributed by atoms with E-state index in [0.717, 1.165) is 6.20 Å². The van der Waals surface area contributed by atoms with Gasteiger partial charge in [0.2, 0.25) is 5.65 Å². The van der Waals surface area contributed by atoms with Crippen LogP contribution in [-0.2, 0) is 0 Å². The molecule has 0 aliphatic carbocycles. The van der Waals surface area contributed by atoms with E-state index < -0.39 is 6.43 Å². The molecule has 33 heavy (non-hydrogen) atoms. The Bertz CT molecular complexity index is 1270. The minimum atomic E-state index is -2.66. The van der Waals surface area contributed by atoms with Crippen LogP contribution in [0, 0.1) is 0 Å². The molecular formula is C22H21F2N7O2. The zero-order chi connectivity index (χ0) is 22.9. The summed E-state index contributed by atoms with van der Waals surface area (Å²) in [5, 5.41) is 4.20. The first-order valence-electron chi connectivity index (χ1n) is 10.6. The molecule has 5 heterocycles. The van der Waals surface area contributed by atoms with E-state index in [1.807, 2.05) is 6.92 Å². The van der Waals surface area contributed by atoms with Gasteiger partial charge in [-0.2, -0.15) is 5.10 Å². The fraction of sp³-hybridized carbons (Fsp3) is 0.318. The van der Waals surface area contributed by atoms with E-state index in [-0.39, 0.29) is 35.3 Å². The minimum Gasteiger partial charge on any atom is -0.470 e. The van der Waals surface area contributed by atoms with Crippen molar-refractivity contribution in [2.45, 2.75) is 38.3 Å². The van der Waals surface area contributed by atoms with Gasteiger partial charge in [-0.25, -0.2) is 28.4 Å². The van der Waals surface area contributed by atoms with E-state index in [9.17, 15) is 13.6 Å². The van der Waals surface area contributed by atoms with Gasteiger partial charge in [-0.1, -0.05) is 0 Å². The van der Waals surface area contributed by atoms with Gasteiger partial charge in [0.1, 0.15) is 11.8 Å². The summed E-state index contributed by atoms with van der Waals surface area (Å²) in [6, 6.07) is 5.19. The number of hydrogen-bond acceptors (Lipinski definition) is 6. The van der Waals surface area contributed by atoms with Crippen LogP contribution < -0.4 is 4.74 Å². The van der Waals surface area contributed by atoms with E-state index in [4.69, 9.17) is 4.74 Å². The monoisotopic (exact) mass is 453 g/mol. The number of amides is 1. The second-order valence-corrected chi connectivity index (χ2v) is 7.86. The number of halogens is 2. The van der Waals surface area contributed by atoms with Gasteiger partial charge in [-0.3, -0.25) is 9.20 Å². The Labute approximate surface area is 187 Å². The van der Waals surface area contributed by atoms with Crippen molar-refractivity contribution in [3.05, 3.63) is 66.6 Å². The van der Waals surface area contributed by atoms with Crippen molar-refractivity contribution in [2.75, 3.05) is 6.54 Å². The van der Waals surface area contributed by atoms with Gasteiger partial charge in [-0.15, -0.1) is 0 Å². The number of imidazole rings is 1. The van der Waals surface area contributed by atoms with E-state index in [0.29, 0.717) is 30.8 Å². The highest BCUT2D eigenvalue weighted by Gasteiger charge is 2.33. The van der Waals surface area contributed by atoms with Gasteiger partial charge in [0.05, 0.1) is 18.3 Å². The Kier molecular flexibility index (Phi) is 5.45. The molecule has 0 unspecified atom stereocenters. The molecule has 0 N–H and O–H groups in total. The molecule has 1 fully saturated rings. The summed E-state index contributed by atoms with van der Waals surface area (Å²) in [5.74, 6) is 0.433. The molecule has 0 bridgehead atoms. The number of pyridine rings is 1. The molecule has 5 rings (SSSR count). The predicted octanol–water partition coefficient (Wildman–Crippen LogP) is 3.32. The van der Waals surface area contributed by atoms with Gasteiger partial charge in [0.25, 0.3) is 18.2 Å². The maximum Gasteiger partial charge on any atom is 0.280 e. The number of piperidine rings is 1. The van der Waals surface area contributed by atoms with Crippen LogP contribution in [0.5, 0.6) is 5.88 Å². The molecule has 1 amide bonds. The number of ether oxygens (including phenoxy) is 1. The molecule has 4 aromatic heterocycles. The van der Waals surface area contributed by atoms with Gasteiger partial charge in [0.15, 0.2) is 5.82 Å². The zero-order valence-electron chi connectivity index (χ0n) is 17.8. The number of alkyl halides is 2. The SMILES string of the molecule is C[C@@H]1CC[C@@H](Oc2nccn3c(C(F)F)cnc23)CN1C(=O)c1cccnc1-n1cccn1. The van der Waals surface area contributed by atoms with E-state index >= 15 is 0 Å². The molecule has 1 aliphatic rings. The topological polar surface area (TPSA) is 90.4 Å². The Hall–Kier alpha value is -3.89. The fourth-order valence-electron chi connectivity index (χ4n) is 4.06. The number of likely N-dealkylation sites (tertiary alicyclic amines) is 1. The van der Waals surface area contributed by atoms with Crippen molar-refractivity contribution < 1.29 is 18.3 Å². The molecule has 1 aliphatic heterocycles. The maximum atomic E-state index is 13.5. The fourth-order valence-corrected chi connectivity index (χ4v) is 4.06. The van der Waals surface area contributed by atoms with Gasteiger partial charge in [0, 0.05) is 37.0 Å². The number of nitrogens with zero attached hydrogens (tertiary/aromatic N) is 7. The van der Waals surface area contributed by atoms with Crippen molar-refractivity contribution in [2.24, 2.45) is 0 Å². The third-order valence-corrected chi connectivity index (χ3v) is 5.76. The lowest BCUT2D eigenvalue weighted by Crippen LogP contribution is -2.49. The van der Waals surface area contributed by atoms with Crippen LogP contribution in [0.2, 0.25) is 0 Å². The predicted molar refractivity (Wildman–Crippen MR) is 113 cm³/mol. The Morgan fingerprint density at radius 2 is 2.00 bits per heavy atom. The average Bonchev–Trinajstić information content (AvgIpc) is 3.51. The van der Waals surface area contributed by atoms with Crippen molar-refractivity contribution in [1.82, 2.24) is 34.0 Å². The van der Waals surface area contributed by atoms with Crippen LogP contribution in [-0.4, -0.2) is 58.6 Å². The molecule has 4 aromatic rings. The van der Waals surface area contributed by atoms with Crippen LogP contribution in [0.15, 0.2) is 55.4 Å². The summed E-state index contributed by atoms with van der Waals surface area (Å²) in [6.07, 6.45) is 7.29. The van der Waals surface area contributed by atoms with E-state index in [1.54, 1.807) is 46.4 Å². The second-order valence-electron chi connectivity index (χ2n) is 7.86. The van der Waals surface area contributed by atoms with Crippen LogP contribution >= 0.6 is 0 Å². The number of carbonyl (C=O) groups is 1. The van der Waals surface area contributed by atoms with Crippen LogP contribution in [0.25, 0.3) is 11.5 Å². The molecule has 2 atom stereocenters. The van der Waals surface area contributed by atoms with E-state index in [2.05, 4.69) is 20.1 Å². The van der Waals surface area contributed by atoms with Crippen molar-refractivity contribution >= 4 is 11.6 Å². The number of rotatable bonds is 5. The van der Waals surface area contributed by atoms with E-state index in [1.165, 1.54) is 16.8 Å². The molecule has 9 nitrogen and oxygen atoms in total. The molecular weight excluding hydrogens is 432 g/mol. The molecule has 0 saturated carbocycles. The van der Waals surface area contributed by atoms with Crippen molar-refractivity contribution in [3.63, 3.8) is 0 Å². The summed E-state index contributed by atoms with van der Waals surface area (Å²) in [4.78, 5) is 27.8. The number of aromatic nitrogens is 6. The quantitative estimate of drug-likeness (QED) is 0.461. The maximum absolute atomic E-state index is 13.5. The van der Waals surface area contributed by atoms with Gasteiger partial charge in [-0.05, 0) is 38.0 Å². The third kappa shape index (κ3) is 3.90. The number of fused-ring (bicyclic) bond motifs is 1. The highest BCUT2D eigenvalue weighted by molar-refractivity contribution is 5.97. The first-order valence-corrected chi connectivity index (χ1v) is 10.6. The third-order valence-electron chi connectivity index (χ3n) is 5.76. The summed E-state index contributed by atoms with van der Waals surface area (Å²) in [5.41, 5.74) is 0.426. The first kappa shape index (κ1) is 21.0. The van der Waals surface area contributed by atoms with Gasteiger partial charge >= 0.3 is 0 Å². The minimum absolute atomic E-state index is 0.0105. The molecule has 0 radical (unpaired) electrons. The average molecular weight is 453 g/mol. The normalized spacial score (nSPS) is 18.7. The molecule has 1 saturated heterocycles. The van der Waals surface area contributed by atoms with Crippen LogP contribution in [0.4, 0.5) is 8.78 Å².